The number of nitrogens with zero attached hydrogens (tertiary/aromatic N) is 1. The molecule has 0 aliphatic carbocycles. The van der Waals surface area contributed by atoms with Crippen LogP contribution >= 0.6 is 0 Å². The predicted molar refractivity (Wildman–Crippen MR) is 82.6 cm³/mol. The van der Waals surface area contributed by atoms with Crippen LogP contribution in [0.2, 0.25) is 0 Å². The van der Waals surface area contributed by atoms with Crippen molar-refractivity contribution in [3.63, 3.8) is 0 Å². The third kappa shape index (κ3) is 4.08. The van der Waals surface area contributed by atoms with Gasteiger partial charge in [0.2, 0.25) is 0 Å². The van der Waals surface area contributed by atoms with Crippen LogP contribution in [0.1, 0.15) is 5.56 Å². The molecular weight excluding hydrogens is 232 g/mol. The lowest BCUT2D eigenvalue weighted by Gasteiger charge is -2.12. The first-order chi connectivity index (χ1) is 9.25. The van der Waals surface area contributed by atoms with E-state index in [1.54, 1.807) is 0 Å². The van der Waals surface area contributed by atoms with Gasteiger partial charge in [0, 0.05) is 31.0 Å². The molecule has 96 valence electrons. The highest BCUT2D eigenvalue weighted by Crippen LogP contribution is 2.15. The minimum absolute atomic E-state index is 0.649. The number of rotatable bonds is 3. The third-order valence-corrected chi connectivity index (χ3v) is 2.77. The summed E-state index contributed by atoms with van der Waals surface area (Å²) in [5, 5.41) is 3.29. The summed E-state index contributed by atoms with van der Waals surface area (Å²) in [6.07, 6.45) is 0. The molecule has 0 aliphatic heterocycles. The number of hydrogen-bond acceptors (Lipinski definition) is 2. The molecule has 0 aliphatic rings. The Bertz CT molecular complexity index is 560. The standard InChI is InChI=1S/C17H18N2/c1-19(2)17-12-10-16(11-13-17)18-14-6-9-15-7-4-3-5-8-15/h3-5,7-8,10-13,18H,14H2,1-2H3. The lowest BCUT2D eigenvalue weighted by atomic mass is 10.2. The summed E-state index contributed by atoms with van der Waals surface area (Å²) in [6, 6.07) is 18.3. The maximum atomic E-state index is 3.29. The molecule has 0 heterocycles. The Labute approximate surface area is 115 Å². The highest BCUT2D eigenvalue weighted by molar-refractivity contribution is 5.54. The average Bonchev–Trinajstić information content (AvgIpc) is 2.45. The fraction of sp³-hybridized carbons (Fsp3) is 0.176. The molecule has 0 saturated carbocycles. The van der Waals surface area contributed by atoms with Crippen molar-refractivity contribution < 1.29 is 0 Å². The van der Waals surface area contributed by atoms with Gasteiger partial charge in [-0.3, -0.25) is 0 Å². The van der Waals surface area contributed by atoms with Crippen LogP contribution in [0.4, 0.5) is 11.4 Å². The van der Waals surface area contributed by atoms with E-state index in [4.69, 9.17) is 0 Å². The molecule has 0 amide bonds. The quantitative estimate of drug-likeness (QED) is 0.841. The molecule has 1 N–H and O–H groups in total. The van der Waals surface area contributed by atoms with Crippen molar-refractivity contribution in [3.05, 3.63) is 60.2 Å². The molecule has 0 atom stereocenters. The summed E-state index contributed by atoms with van der Waals surface area (Å²) in [6.45, 7) is 0.649. The van der Waals surface area contributed by atoms with Crippen molar-refractivity contribution in [3.8, 4) is 11.8 Å². The lowest BCUT2D eigenvalue weighted by molar-refractivity contribution is 1.13. The second kappa shape index (κ2) is 6.51. The van der Waals surface area contributed by atoms with E-state index < -0.39 is 0 Å². The summed E-state index contributed by atoms with van der Waals surface area (Å²) in [4.78, 5) is 2.08. The van der Waals surface area contributed by atoms with Gasteiger partial charge in [-0.2, -0.15) is 0 Å². The smallest absolute Gasteiger partial charge is 0.0769 e. The molecule has 0 fully saturated rings. The van der Waals surface area contributed by atoms with Crippen LogP contribution in [0.15, 0.2) is 54.6 Å². The van der Waals surface area contributed by atoms with E-state index in [-0.39, 0.29) is 0 Å². The van der Waals surface area contributed by atoms with Crippen molar-refractivity contribution in [2.24, 2.45) is 0 Å². The van der Waals surface area contributed by atoms with Crippen molar-refractivity contribution in [2.75, 3.05) is 30.9 Å². The molecule has 19 heavy (non-hydrogen) atoms. The van der Waals surface area contributed by atoms with E-state index in [0.29, 0.717) is 6.54 Å². The molecule has 0 spiro atoms. The number of anilines is 2. The van der Waals surface area contributed by atoms with Crippen molar-refractivity contribution in [2.45, 2.75) is 0 Å². The van der Waals surface area contributed by atoms with Gasteiger partial charge >= 0.3 is 0 Å². The van der Waals surface area contributed by atoms with Crippen molar-refractivity contribution >= 4 is 11.4 Å². The summed E-state index contributed by atoms with van der Waals surface area (Å²) < 4.78 is 0. The Morgan fingerprint density at radius 3 is 2.26 bits per heavy atom. The van der Waals surface area contributed by atoms with Gasteiger partial charge in [-0.1, -0.05) is 30.0 Å². The highest BCUT2D eigenvalue weighted by Gasteiger charge is 1.94. The van der Waals surface area contributed by atoms with Gasteiger partial charge in [0.25, 0.3) is 0 Å². The molecule has 0 unspecified atom stereocenters. The zero-order valence-corrected chi connectivity index (χ0v) is 11.4. The molecule has 2 rings (SSSR count). The Balaban J connectivity index is 1.88. The normalized spacial score (nSPS) is 9.37. The number of nitrogens with one attached hydrogen (secondary N) is 1. The van der Waals surface area contributed by atoms with Gasteiger partial charge in [0.1, 0.15) is 0 Å². The van der Waals surface area contributed by atoms with E-state index >= 15 is 0 Å². The first-order valence-corrected chi connectivity index (χ1v) is 6.31. The zero-order valence-electron chi connectivity index (χ0n) is 11.4. The third-order valence-electron chi connectivity index (χ3n) is 2.77. The first-order valence-electron chi connectivity index (χ1n) is 6.31. The minimum atomic E-state index is 0.649. The van der Waals surface area contributed by atoms with Gasteiger partial charge in [-0.05, 0) is 36.4 Å². The van der Waals surface area contributed by atoms with Crippen LogP contribution in [0, 0.1) is 11.8 Å². The van der Waals surface area contributed by atoms with E-state index in [1.165, 1.54) is 5.69 Å². The molecule has 0 bridgehead atoms. The molecule has 0 radical (unpaired) electrons. The van der Waals surface area contributed by atoms with Crippen LogP contribution in [-0.4, -0.2) is 20.6 Å². The lowest BCUT2D eigenvalue weighted by Crippen LogP contribution is -2.08. The molecule has 0 aromatic heterocycles. The molecule has 2 nitrogen and oxygen atoms in total. The van der Waals surface area contributed by atoms with Crippen LogP contribution in [-0.2, 0) is 0 Å². The monoisotopic (exact) mass is 250 g/mol. The largest absolute Gasteiger partial charge is 0.378 e. The van der Waals surface area contributed by atoms with Gasteiger partial charge in [-0.15, -0.1) is 0 Å². The Hall–Kier alpha value is -2.40. The highest BCUT2D eigenvalue weighted by atomic mass is 15.1. The van der Waals surface area contributed by atoms with Gasteiger partial charge < -0.3 is 10.2 Å². The van der Waals surface area contributed by atoms with E-state index in [1.807, 2.05) is 44.4 Å². The SMILES string of the molecule is CN(C)c1ccc(NCC#Cc2ccccc2)cc1. The summed E-state index contributed by atoms with van der Waals surface area (Å²) in [5.41, 5.74) is 3.33. The Morgan fingerprint density at radius 1 is 0.947 bits per heavy atom. The number of hydrogen-bond donors (Lipinski definition) is 1. The van der Waals surface area contributed by atoms with E-state index in [0.717, 1.165) is 11.3 Å². The topological polar surface area (TPSA) is 15.3 Å². The first kappa shape index (κ1) is 13.0. The maximum Gasteiger partial charge on any atom is 0.0769 e. The molecule has 2 aromatic carbocycles. The number of benzene rings is 2. The fourth-order valence-electron chi connectivity index (χ4n) is 1.69. The van der Waals surface area contributed by atoms with Gasteiger partial charge in [-0.25, -0.2) is 0 Å². The fourth-order valence-corrected chi connectivity index (χ4v) is 1.69. The molecule has 0 saturated heterocycles. The van der Waals surface area contributed by atoms with Crippen LogP contribution in [0.3, 0.4) is 0 Å². The Kier molecular flexibility index (Phi) is 4.47. The minimum Gasteiger partial charge on any atom is -0.378 e. The van der Waals surface area contributed by atoms with Crippen molar-refractivity contribution in [1.29, 1.82) is 0 Å². The predicted octanol–water partition coefficient (Wildman–Crippen LogP) is 3.22. The van der Waals surface area contributed by atoms with E-state index in [2.05, 4.69) is 46.3 Å². The second-order valence-electron chi connectivity index (χ2n) is 4.46. The van der Waals surface area contributed by atoms with E-state index in [9.17, 15) is 0 Å². The summed E-state index contributed by atoms with van der Waals surface area (Å²) in [5.74, 6) is 6.24. The van der Waals surface area contributed by atoms with Gasteiger partial charge in [0.15, 0.2) is 0 Å². The summed E-state index contributed by atoms with van der Waals surface area (Å²) >= 11 is 0. The second-order valence-corrected chi connectivity index (χ2v) is 4.46. The summed E-state index contributed by atoms with van der Waals surface area (Å²) in [7, 11) is 4.07. The van der Waals surface area contributed by atoms with Crippen LogP contribution in [0.5, 0.6) is 0 Å². The molecular formula is C17H18N2. The maximum absolute atomic E-state index is 3.29. The molecule has 2 aromatic rings. The Morgan fingerprint density at radius 2 is 1.63 bits per heavy atom. The van der Waals surface area contributed by atoms with Crippen LogP contribution < -0.4 is 10.2 Å². The average molecular weight is 250 g/mol. The zero-order chi connectivity index (χ0) is 13.5. The van der Waals surface area contributed by atoms with Gasteiger partial charge in [0.05, 0.1) is 6.54 Å². The van der Waals surface area contributed by atoms with Crippen LogP contribution in [0.25, 0.3) is 0 Å². The van der Waals surface area contributed by atoms with Crippen molar-refractivity contribution in [1.82, 2.24) is 0 Å². The molecule has 2 heteroatoms.